The van der Waals surface area contributed by atoms with Gasteiger partial charge in [-0.15, -0.1) is 11.3 Å². The number of nitrogens with zero attached hydrogens (tertiary/aromatic N) is 1. The topological polar surface area (TPSA) is 48.4 Å². The van der Waals surface area contributed by atoms with Crippen LogP contribution >= 0.6 is 11.3 Å². The summed E-state index contributed by atoms with van der Waals surface area (Å²) in [6.45, 7) is 4.93. The number of methoxy groups -OCH3 is 1. The van der Waals surface area contributed by atoms with Crippen molar-refractivity contribution < 1.29 is 14.3 Å². The predicted octanol–water partition coefficient (Wildman–Crippen LogP) is 3.37. The largest absolute Gasteiger partial charge is 0.465 e. The van der Waals surface area contributed by atoms with Crippen LogP contribution in [0.15, 0.2) is 6.20 Å². The van der Waals surface area contributed by atoms with Crippen molar-refractivity contribution in [2.24, 2.45) is 5.92 Å². The number of rotatable bonds is 4. The highest BCUT2D eigenvalue weighted by atomic mass is 32.1. The lowest BCUT2D eigenvalue weighted by molar-refractivity contribution is -0.0820. The van der Waals surface area contributed by atoms with Gasteiger partial charge in [-0.2, -0.15) is 0 Å². The molecule has 0 radical (unpaired) electrons. The molecule has 0 saturated heterocycles. The van der Waals surface area contributed by atoms with E-state index in [1.54, 1.807) is 6.20 Å². The van der Waals surface area contributed by atoms with E-state index in [9.17, 15) is 4.79 Å². The van der Waals surface area contributed by atoms with Gasteiger partial charge in [0.2, 0.25) is 0 Å². The normalized spacial score (nSPS) is 27.2. The van der Waals surface area contributed by atoms with Crippen LogP contribution in [0.5, 0.6) is 0 Å². The third-order valence-corrected chi connectivity index (χ3v) is 4.82. The maximum absolute atomic E-state index is 11.5. The Hall–Kier alpha value is -0.940. The van der Waals surface area contributed by atoms with Gasteiger partial charge in [-0.05, 0) is 32.1 Å². The Bertz CT molecular complexity index is 442. The molecule has 5 heteroatoms. The van der Waals surface area contributed by atoms with Crippen molar-refractivity contribution in [3.63, 3.8) is 0 Å². The van der Waals surface area contributed by atoms with Crippen LogP contribution in [-0.4, -0.2) is 24.7 Å². The lowest BCUT2D eigenvalue weighted by atomic mass is 9.79. The highest BCUT2D eigenvalue weighted by Crippen LogP contribution is 2.44. The van der Waals surface area contributed by atoms with Crippen molar-refractivity contribution in [1.29, 1.82) is 0 Å². The molecule has 0 aromatic carbocycles. The molecule has 0 amide bonds. The third-order valence-electron chi connectivity index (χ3n) is 3.66. The van der Waals surface area contributed by atoms with Gasteiger partial charge in [0.25, 0.3) is 0 Å². The monoisotopic (exact) mass is 283 g/mol. The molecular formula is C14H21NO3S. The average molecular weight is 283 g/mol. The molecule has 2 atom stereocenters. The number of esters is 1. The van der Waals surface area contributed by atoms with Crippen molar-refractivity contribution in [2.75, 3.05) is 13.7 Å². The van der Waals surface area contributed by atoms with Gasteiger partial charge >= 0.3 is 5.97 Å². The number of ether oxygens (including phenoxy) is 2. The van der Waals surface area contributed by atoms with Gasteiger partial charge in [-0.25, -0.2) is 9.78 Å². The molecule has 0 aliphatic heterocycles. The first-order valence-electron chi connectivity index (χ1n) is 6.80. The molecule has 0 spiro atoms. The molecule has 2 rings (SSSR count). The number of thiazole rings is 1. The zero-order valence-corrected chi connectivity index (χ0v) is 12.6. The molecule has 0 N–H and O–H groups in total. The van der Waals surface area contributed by atoms with Crippen molar-refractivity contribution in [2.45, 2.75) is 45.1 Å². The van der Waals surface area contributed by atoms with Crippen LogP contribution < -0.4 is 0 Å². The molecule has 106 valence electrons. The fourth-order valence-corrected chi connectivity index (χ4v) is 3.86. The van der Waals surface area contributed by atoms with Gasteiger partial charge in [0.15, 0.2) is 0 Å². The van der Waals surface area contributed by atoms with E-state index < -0.39 is 0 Å². The van der Waals surface area contributed by atoms with Gasteiger partial charge in [0.05, 0.1) is 13.3 Å². The second-order valence-corrected chi connectivity index (χ2v) is 6.18. The summed E-state index contributed by atoms with van der Waals surface area (Å²) < 4.78 is 10.8. The lowest BCUT2D eigenvalue weighted by Gasteiger charge is -2.38. The van der Waals surface area contributed by atoms with Crippen LogP contribution in [0, 0.1) is 5.92 Å². The summed E-state index contributed by atoms with van der Waals surface area (Å²) in [5.41, 5.74) is -0.302. The van der Waals surface area contributed by atoms with E-state index in [1.165, 1.54) is 24.9 Å². The smallest absolute Gasteiger partial charge is 0.349 e. The highest BCUT2D eigenvalue weighted by Gasteiger charge is 2.40. The van der Waals surface area contributed by atoms with E-state index in [0.717, 1.165) is 24.3 Å². The van der Waals surface area contributed by atoms with Crippen LogP contribution in [0.1, 0.15) is 54.2 Å². The Labute approximate surface area is 118 Å². The number of hydrogen-bond acceptors (Lipinski definition) is 5. The highest BCUT2D eigenvalue weighted by molar-refractivity contribution is 7.13. The van der Waals surface area contributed by atoms with E-state index in [0.29, 0.717) is 17.4 Å². The molecule has 1 aromatic rings. The first kappa shape index (κ1) is 14.5. The van der Waals surface area contributed by atoms with Crippen molar-refractivity contribution in [3.8, 4) is 0 Å². The minimum absolute atomic E-state index is 0.302. The second-order valence-electron chi connectivity index (χ2n) is 5.15. The van der Waals surface area contributed by atoms with E-state index in [2.05, 4.69) is 11.9 Å². The Morgan fingerprint density at radius 2 is 2.42 bits per heavy atom. The molecule has 1 aromatic heterocycles. The summed E-state index contributed by atoms with van der Waals surface area (Å²) in [4.78, 5) is 16.5. The molecule has 2 unspecified atom stereocenters. The van der Waals surface area contributed by atoms with Crippen LogP contribution in [0.25, 0.3) is 0 Å². The molecule has 1 aliphatic rings. The molecular weight excluding hydrogens is 262 g/mol. The van der Waals surface area contributed by atoms with Crippen LogP contribution in [0.3, 0.4) is 0 Å². The Morgan fingerprint density at radius 3 is 3.05 bits per heavy atom. The number of aromatic nitrogens is 1. The minimum Gasteiger partial charge on any atom is -0.465 e. The molecule has 1 saturated carbocycles. The van der Waals surface area contributed by atoms with E-state index in [-0.39, 0.29) is 11.6 Å². The van der Waals surface area contributed by atoms with Crippen molar-refractivity contribution in [1.82, 2.24) is 4.98 Å². The van der Waals surface area contributed by atoms with Crippen LogP contribution in [-0.2, 0) is 15.1 Å². The maximum Gasteiger partial charge on any atom is 0.349 e. The molecule has 4 nitrogen and oxygen atoms in total. The predicted molar refractivity (Wildman–Crippen MR) is 74.4 cm³/mol. The zero-order chi connectivity index (χ0) is 13.9. The van der Waals surface area contributed by atoms with Gasteiger partial charge in [-0.1, -0.05) is 13.3 Å². The average Bonchev–Trinajstić information content (AvgIpc) is 2.88. The van der Waals surface area contributed by atoms with Crippen molar-refractivity contribution in [3.05, 3.63) is 16.1 Å². The molecule has 19 heavy (non-hydrogen) atoms. The molecule has 1 fully saturated rings. The number of carbonyl (C=O) groups is 1. The number of hydrogen-bond donors (Lipinski definition) is 0. The SMILES string of the molecule is CCOC1(c2ncc(C(=O)OC)s2)CCCC(C)C1. The van der Waals surface area contributed by atoms with E-state index in [1.807, 2.05) is 6.92 Å². The van der Waals surface area contributed by atoms with Gasteiger partial charge < -0.3 is 9.47 Å². The number of carbonyl (C=O) groups excluding carboxylic acids is 1. The second kappa shape index (κ2) is 6.01. The fraction of sp³-hybridized carbons (Fsp3) is 0.714. The lowest BCUT2D eigenvalue weighted by Crippen LogP contribution is -2.35. The summed E-state index contributed by atoms with van der Waals surface area (Å²) in [5.74, 6) is 0.310. The van der Waals surface area contributed by atoms with E-state index >= 15 is 0 Å². The summed E-state index contributed by atoms with van der Waals surface area (Å²) >= 11 is 1.40. The summed E-state index contributed by atoms with van der Waals surface area (Å²) in [6, 6.07) is 0. The molecule has 0 bridgehead atoms. The Balaban J connectivity index is 2.28. The van der Waals surface area contributed by atoms with Gasteiger partial charge in [-0.3, -0.25) is 0 Å². The quantitative estimate of drug-likeness (QED) is 0.795. The van der Waals surface area contributed by atoms with Crippen molar-refractivity contribution >= 4 is 17.3 Å². The fourth-order valence-electron chi connectivity index (χ4n) is 2.85. The Kier molecular flexibility index (Phi) is 4.58. The van der Waals surface area contributed by atoms with Gasteiger partial charge in [0, 0.05) is 6.61 Å². The Morgan fingerprint density at radius 1 is 1.63 bits per heavy atom. The summed E-state index contributed by atoms with van der Waals surface area (Å²) in [6.07, 6.45) is 5.96. The van der Waals surface area contributed by atoms with Crippen LogP contribution in [0.4, 0.5) is 0 Å². The maximum atomic E-state index is 11.5. The first-order valence-corrected chi connectivity index (χ1v) is 7.61. The third kappa shape index (κ3) is 2.98. The summed E-state index contributed by atoms with van der Waals surface area (Å²) in [5, 5.41) is 0.918. The zero-order valence-electron chi connectivity index (χ0n) is 11.8. The van der Waals surface area contributed by atoms with Crippen LogP contribution in [0.2, 0.25) is 0 Å². The first-order chi connectivity index (χ1) is 9.11. The molecule has 1 heterocycles. The summed E-state index contributed by atoms with van der Waals surface area (Å²) in [7, 11) is 1.39. The minimum atomic E-state index is -0.320. The standard InChI is InChI=1S/C14H21NO3S/c1-4-18-14(7-5-6-10(2)8-14)13-15-9-11(19-13)12(16)17-3/h9-10H,4-8H2,1-3H3. The van der Waals surface area contributed by atoms with Gasteiger partial charge in [0.1, 0.15) is 15.5 Å². The van der Waals surface area contributed by atoms with E-state index in [4.69, 9.17) is 9.47 Å². The molecule has 1 aliphatic carbocycles.